The van der Waals surface area contributed by atoms with Crippen molar-refractivity contribution in [2.75, 3.05) is 0 Å². The van der Waals surface area contributed by atoms with Gasteiger partial charge >= 0.3 is 0 Å². The maximum Gasteiger partial charge on any atom is 0.295 e. The van der Waals surface area contributed by atoms with E-state index in [0.717, 1.165) is 0 Å². The molecule has 0 radical (unpaired) electrons. The summed E-state index contributed by atoms with van der Waals surface area (Å²) in [6, 6.07) is 13.4. The van der Waals surface area contributed by atoms with Gasteiger partial charge in [-0.2, -0.15) is 0 Å². The molecular formula is C20H17N3O4. The number of pyridine rings is 1. The van der Waals surface area contributed by atoms with Crippen LogP contribution in [-0.4, -0.2) is 14.8 Å². The summed E-state index contributed by atoms with van der Waals surface area (Å²) in [6.45, 7) is 3.81. The van der Waals surface area contributed by atoms with E-state index in [2.05, 4.69) is 4.98 Å². The van der Waals surface area contributed by atoms with E-state index in [1.54, 1.807) is 42.5 Å². The van der Waals surface area contributed by atoms with Gasteiger partial charge < -0.3 is 0 Å². The van der Waals surface area contributed by atoms with Gasteiger partial charge in [-0.25, -0.2) is 4.98 Å². The average molecular weight is 363 g/mol. The highest BCUT2D eigenvalue weighted by Gasteiger charge is 2.16. The highest BCUT2D eigenvalue weighted by Crippen LogP contribution is 2.28. The molecule has 7 heteroatoms. The number of nitrogens with zero attached hydrogens (tertiary/aromatic N) is 3. The van der Waals surface area contributed by atoms with Crippen molar-refractivity contribution < 1.29 is 9.85 Å². The first-order valence-corrected chi connectivity index (χ1v) is 8.37. The lowest BCUT2D eigenvalue weighted by molar-refractivity contribution is -0.385. The smallest absolute Gasteiger partial charge is 0.258 e. The predicted octanol–water partition coefficient (Wildman–Crippen LogP) is 5.35. The lowest BCUT2D eigenvalue weighted by Gasteiger charge is -2.07. The van der Waals surface area contributed by atoms with E-state index in [9.17, 15) is 20.2 Å². The van der Waals surface area contributed by atoms with Gasteiger partial charge in [-0.05, 0) is 23.6 Å². The van der Waals surface area contributed by atoms with Gasteiger partial charge in [0.15, 0.2) is 0 Å². The van der Waals surface area contributed by atoms with Gasteiger partial charge in [0, 0.05) is 23.1 Å². The van der Waals surface area contributed by atoms with Crippen LogP contribution in [-0.2, 0) is 0 Å². The molecule has 0 atom stereocenters. The maximum absolute atomic E-state index is 11.3. The van der Waals surface area contributed by atoms with Crippen LogP contribution in [0.4, 0.5) is 11.4 Å². The van der Waals surface area contributed by atoms with Gasteiger partial charge in [-0.1, -0.05) is 50.3 Å². The van der Waals surface area contributed by atoms with E-state index in [4.69, 9.17) is 0 Å². The summed E-state index contributed by atoms with van der Waals surface area (Å²) in [5, 5.41) is 23.2. The van der Waals surface area contributed by atoms with Crippen molar-refractivity contribution in [3.05, 3.63) is 85.6 Å². The highest BCUT2D eigenvalue weighted by atomic mass is 16.6. The molecule has 0 fully saturated rings. The molecule has 3 rings (SSSR count). The Balaban J connectivity index is 1.99. The van der Waals surface area contributed by atoms with E-state index in [1.165, 1.54) is 12.1 Å². The number of nitro benzene ring substituents is 2. The number of non-ortho nitro benzene ring substituents is 1. The van der Waals surface area contributed by atoms with Gasteiger partial charge in [0.1, 0.15) is 5.52 Å². The number of hydrogen-bond donors (Lipinski definition) is 0. The molecule has 0 aliphatic carbocycles. The van der Waals surface area contributed by atoms with E-state index < -0.39 is 4.92 Å². The normalized spacial score (nSPS) is 11.4. The molecular weight excluding hydrogens is 346 g/mol. The minimum Gasteiger partial charge on any atom is -0.258 e. The molecule has 0 amide bonds. The molecule has 1 heterocycles. The summed E-state index contributed by atoms with van der Waals surface area (Å²) in [5.74, 6) is 0.0473. The molecule has 1 aromatic heterocycles. The summed E-state index contributed by atoms with van der Waals surface area (Å²) >= 11 is 0. The minimum absolute atomic E-state index is 0.0473. The fourth-order valence-corrected chi connectivity index (χ4v) is 2.88. The summed E-state index contributed by atoms with van der Waals surface area (Å²) in [6.07, 6.45) is 3.39. The monoisotopic (exact) mass is 363 g/mol. The Morgan fingerprint density at radius 3 is 2.33 bits per heavy atom. The Morgan fingerprint density at radius 1 is 0.926 bits per heavy atom. The summed E-state index contributed by atoms with van der Waals surface area (Å²) in [5.41, 5.74) is 2.21. The number of para-hydroxylation sites is 1. The van der Waals surface area contributed by atoms with Crippen LogP contribution >= 0.6 is 0 Å². The zero-order valence-corrected chi connectivity index (χ0v) is 14.8. The number of nitro groups is 2. The molecule has 0 bridgehead atoms. The molecule has 7 nitrogen and oxygen atoms in total. The van der Waals surface area contributed by atoms with E-state index in [-0.39, 0.29) is 22.2 Å². The third-order valence-electron chi connectivity index (χ3n) is 4.24. The second kappa shape index (κ2) is 7.33. The van der Waals surface area contributed by atoms with Crippen LogP contribution in [0.3, 0.4) is 0 Å². The van der Waals surface area contributed by atoms with Crippen molar-refractivity contribution in [3.8, 4) is 0 Å². The van der Waals surface area contributed by atoms with E-state index >= 15 is 0 Å². The molecule has 0 saturated heterocycles. The van der Waals surface area contributed by atoms with Crippen LogP contribution in [0.15, 0.2) is 48.5 Å². The molecule has 0 N–H and O–H groups in total. The molecule has 0 unspecified atom stereocenters. The van der Waals surface area contributed by atoms with Crippen LogP contribution in [0.25, 0.3) is 23.1 Å². The van der Waals surface area contributed by atoms with Gasteiger partial charge in [0.25, 0.3) is 11.4 Å². The fourth-order valence-electron chi connectivity index (χ4n) is 2.88. The molecule has 0 saturated carbocycles. The summed E-state index contributed by atoms with van der Waals surface area (Å²) in [7, 11) is 0. The van der Waals surface area contributed by atoms with Gasteiger partial charge in [-0.15, -0.1) is 0 Å². The number of rotatable bonds is 5. The second-order valence-electron chi connectivity index (χ2n) is 6.41. The number of hydrogen-bond acceptors (Lipinski definition) is 5. The molecule has 3 aromatic rings. The molecule has 0 aliphatic rings. The average Bonchev–Trinajstić information content (AvgIpc) is 2.65. The Kier molecular flexibility index (Phi) is 4.94. The topological polar surface area (TPSA) is 99.2 Å². The van der Waals surface area contributed by atoms with Crippen LogP contribution in [0, 0.1) is 20.2 Å². The first kappa shape index (κ1) is 18.2. The van der Waals surface area contributed by atoms with Gasteiger partial charge in [-0.3, -0.25) is 20.2 Å². The molecule has 0 aliphatic heterocycles. The van der Waals surface area contributed by atoms with Crippen LogP contribution in [0.5, 0.6) is 0 Å². The quantitative estimate of drug-likeness (QED) is 0.450. The number of benzene rings is 2. The van der Waals surface area contributed by atoms with Crippen LogP contribution in [0.2, 0.25) is 0 Å². The third kappa shape index (κ3) is 3.82. The maximum atomic E-state index is 11.3. The van der Waals surface area contributed by atoms with Gasteiger partial charge in [0.2, 0.25) is 0 Å². The number of fused-ring (bicyclic) bond motifs is 1. The Hall–Kier alpha value is -3.61. The van der Waals surface area contributed by atoms with Crippen molar-refractivity contribution in [2.45, 2.75) is 19.8 Å². The standard InChI is InChI=1S/C20H17N3O4/c1-13(2)17-11-7-14(12-19(17)23(26)27)6-9-16-10-8-15-4-3-5-18(22(24)25)20(15)21-16/h3-13H,1-2H3/b9-6+. The highest BCUT2D eigenvalue weighted by molar-refractivity contribution is 5.88. The third-order valence-corrected chi connectivity index (χ3v) is 4.24. The predicted molar refractivity (Wildman–Crippen MR) is 105 cm³/mol. The van der Waals surface area contributed by atoms with Crippen LogP contribution in [0.1, 0.15) is 36.6 Å². The molecule has 0 spiro atoms. The lowest BCUT2D eigenvalue weighted by Crippen LogP contribution is -1.97. The molecule has 136 valence electrons. The molecule has 27 heavy (non-hydrogen) atoms. The van der Waals surface area contributed by atoms with Crippen molar-refractivity contribution in [1.82, 2.24) is 4.98 Å². The van der Waals surface area contributed by atoms with Crippen LogP contribution < -0.4 is 0 Å². The Labute approximate surface area is 155 Å². The Bertz CT molecular complexity index is 1070. The first-order valence-electron chi connectivity index (χ1n) is 8.37. The van der Waals surface area contributed by atoms with Crippen molar-refractivity contribution in [1.29, 1.82) is 0 Å². The number of aromatic nitrogens is 1. The summed E-state index contributed by atoms with van der Waals surface area (Å²) in [4.78, 5) is 26.0. The lowest BCUT2D eigenvalue weighted by atomic mass is 9.99. The summed E-state index contributed by atoms with van der Waals surface area (Å²) < 4.78 is 0. The van der Waals surface area contributed by atoms with Crippen molar-refractivity contribution >= 4 is 34.4 Å². The van der Waals surface area contributed by atoms with E-state index in [0.29, 0.717) is 27.7 Å². The largest absolute Gasteiger partial charge is 0.295 e. The molecule has 2 aromatic carbocycles. The van der Waals surface area contributed by atoms with Gasteiger partial charge in [0.05, 0.1) is 15.5 Å². The Morgan fingerprint density at radius 2 is 1.67 bits per heavy atom. The zero-order chi connectivity index (χ0) is 19.6. The first-order chi connectivity index (χ1) is 12.9. The minimum atomic E-state index is -0.461. The van der Waals surface area contributed by atoms with Crippen molar-refractivity contribution in [3.63, 3.8) is 0 Å². The second-order valence-corrected chi connectivity index (χ2v) is 6.41. The van der Waals surface area contributed by atoms with E-state index in [1.807, 2.05) is 19.9 Å². The van der Waals surface area contributed by atoms with Crippen molar-refractivity contribution in [2.24, 2.45) is 0 Å². The fraction of sp³-hybridized carbons (Fsp3) is 0.150. The zero-order valence-electron chi connectivity index (χ0n) is 14.8. The SMILES string of the molecule is CC(C)c1ccc(/C=C/c2ccc3cccc([N+](=O)[O-])c3n2)cc1[N+](=O)[O-].